The van der Waals surface area contributed by atoms with Gasteiger partial charge >= 0.3 is 0 Å². The van der Waals surface area contributed by atoms with E-state index >= 15 is 0 Å². The molecule has 0 fully saturated rings. The van der Waals surface area contributed by atoms with Crippen molar-refractivity contribution in [3.8, 4) is 5.75 Å². The molecule has 2 aromatic rings. The van der Waals surface area contributed by atoms with Crippen molar-refractivity contribution in [3.05, 3.63) is 62.1 Å². The highest BCUT2D eigenvalue weighted by atomic mass is 35.5. The van der Waals surface area contributed by atoms with Gasteiger partial charge in [-0.15, -0.1) is 0 Å². The minimum absolute atomic E-state index is 0.156. The number of nitrogens with one attached hydrogen (secondary N) is 1. The van der Waals surface area contributed by atoms with E-state index in [0.717, 1.165) is 5.56 Å². The molecule has 2 rings (SSSR count). The molecule has 0 saturated carbocycles. The number of hydrogen-bond acceptors (Lipinski definition) is 3. The average Bonchev–Trinajstić information content (AvgIpc) is 2.71. The van der Waals surface area contributed by atoms with Crippen molar-refractivity contribution in [3.63, 3.8) is 0 Å². The molecule has 0 aliphatic heterocycles. The Labute approximate surface area is 202 Å². The van der Waals surface area contributed by atoms with E-state index < -0.39 is 6.04 Å². The highest BCUT2D eigenvalue weighted by Crippen LogP contribution is 2.28. The van der Waals surface area contributed by atoms with E-state index in [2.05, 4.69) is 5.32 Å². The third kappa shape index (κ3) is 7.76. The summed E-state index contributed by atoms with van der Waals surface area (Å²) in [6.45, 7) is 6.02. The molecular weight excluding hydrogens is 482 g/mol. The summed E-state index contributed by atoms with van der Waals surface area (Å²) in [5.41, 5.74) is 0.732. The number of carbonyl (C=O) groups is 2. The molecule has 0 spiro atoms. The quantitative estimate of drug-likeness (QED) is 0.463. The average molecular weight is 506 g/mol. The lowest BCUT2D eigenvalue weighted by Crippen LogP contribution is -2.49. The van der Waals surface area contributed by atoms with E-state index in [4.69, 9.17) is 51.1 Å². The summed E-state index contributed by atoms with van der Waals surface area (Å²) in [6, 6.07) is 9.06. The molecule has 168 valence electrons. The van der Waals surface area contributed by atoms with Gasteiger partial charge in [0, 0.05) is 18.1 Å². The molecule has 1 N–H and O–H groups in total. The number of halogens is 4. The number of nitrogens with zero attached hydrogens (tertiary/aromatic N) is 1. The molecule has 0 aromatic heterocycles. The molecule has 0 heterocycles. The summed E-state index contributed by atoms with van der Waals surface area (Å²) in [6.07, 6.45) is 0. The molecule has 1 atom stereocenters. The largest absolute Gasteiger partial charge is 0.482 e. The standard InChI is InChI=1S/C22H24Cl4N2O3/c1-13(2)10-27-22(30)14(3)28(11-15-4-6-17(24)18(25)8-15)21(29)12-31-20-7-5-16(23)9-19(20)26/h4-9,13-14H,10-12H2,1-3H3,(H,27,30)/t14-/m1/s1. The molecule has 2 aromatic carbocycles. The topological polar surface area (TPSA) is 58.6 Å². The summed E-state index contributed by atoms with van der Waals surface area (Å²) < 4.78 is 5.58. The van der Waals surface area contributed by atoms with Crippen molar-refractivity contribution in [2.75, 3.05) is 13.2 Å². The van der Waals surface area contributed by atoms with E-state index in [0.29, 0.717) is 32.4 Å². The predicted octanol–water partition coefficient (Wildman–Crippen LogP) is 5.87. The number of carbonyl (C=O) groups excluding carboxylic acids is 2. The second-order valence-electron chi connectivity index (χ2n) is 7.45. The van der Waals surface area contributed by atoms with Crippen molar-refractivity contribution in [1.82, 2.24) is 10.2 Å². The van der Waals surface area contributed by atoms with Gasteiger partial charge in [0.25, 0.3) is 5.91 Å². The lowest BCUT2D eigenvalue weighted by atomic mass is 10.1. The highest BCUT2D eigenvalue weighted by Gasteiger charge is 2.27. The van der Waals surface area contributed by atoms with Crippen LogP contribution in [0.1, 0.15) is 26.3 Å². The molecule has 0 saturated heterocycles. The Morgan fingerprint density at radius 2 is 1.68 bits per heavy atom. The van der Waals surface area contributed by atoms with Crippen LogP contribution in [0.4, 0.5) is 0 Å². The van der Waals surface area contributed by atoms with Crippen LogP contribution in [0.3, 0.4) is 0 Å². The Balaban J connectivity index is 2.18. The predicted molar refractivity (Wildman–Crippen MR) is 126 cm³/mol. The van der Waals surface area contributed by atoms with Crippen LogP contribution < -0.4 is 10.1 Å². The molecule has 0 aliphatic rings. The van der Waals surface area contributed by atoms with Gasteiger partial charge < -0.3 is 15.0 Å². The van der Waals surface area contributed by atoms with Crippen molar-refractivity contribution >= 4 is 58.2 Å². The summed E-state index contributed by atoms with van der Waals surface area (Å²) in [5.74, 6) is -0.0347. The first kappa shape index (κ1) is 25.6. The molecule has 5 nitrogen and oxygen atoms in total. The molecule has 31 heavy (non-hydrogen) atoms. The summed E-state index contributed by atoms with van der Waals surface area (Å²) >= 11 is 24.1. The Kier molecular flexibility index (Phi) is 9.76. The Hall–Kier alpha value is -1.66. The summed E-state index contributed by atoms with van der Waals surface area (Å²) in [7, 11) is 0. The van der Waals surface area contributed by atoms with E-state index in [1.54, 1.807) is 37.3 Å². The number of amides is 2. The van der Waals surface area contributed by atoms with Gasteiger partial charge in [0.1, 0.15) is 11.8 Å². The fourth-order valence-electron chi connectivity index (χ4n) is 2.68. The van der Waals surface area contributed by atoms with Crippen LogP contribution in [-0.4, -0.2) is 35.9 Å². The normalized spacial score (nSPS) is 11.9. The van der Waals surface area contributed by atoms with Gasteiger partial charge in [0.15, 0.2) is 6.61 Å². The smallest absolute Gasteiger partial charge is 0.261 e. The van der Waals surface area contributed by atoms with Crippen molar-refractivity contribution in [2.24, 2.45) is 5.92 Å². The maximum absolute atomic E-state index is 13.0. The van der Waals surface area contributed by atoms with Gasteiger partial charge in [-0.05, 0) is 48.7 Å². The minimum atomic E-state index is -0.731. The zero-order valence-corrected chi connectivity index (χ0v) is 20.4. The van der Waals surface area contributed by atoms with Crippen molar-refractivity contribution in [2.45, 2.75) is 33.4 Å². The van der Waals surface area contributed by atoms with E-state index in [-0.39, 0.29) is 30.9 Å². The van der Waals surface area contributed by atoms with Crippen LogP contribution in [0, 0.1) is 5.92 Å². The van der Waals surface area contributed by atoms with Gasteiger partial charge in [-0.25, -0.2) is 0 Å². The number of ether oxygens (including phenoxy) is 1. The Morgan fingerprint density at radius 3 is 2.29 bits per heavy atom. The van der Waals surface area contributed by atoms with Crippen molar-refractivity contribution in [1.29, 1.82) is 0 Å². The first-order valence-electron chi connectivity index (χ1n) is 9.67. The van der Waals surface area contributed by atoms with E-state index in [9.17, 15) is 9.59 Å². The third-order valence-corrected chi connectivity index (χ3v) is 5.70. The van der Waals surface area contributed by atoms with E-state index in [1.807, 2.05) is 13.8 Å². The lowest BCUT2D eigenvalue weighted by molar-refractivity contribution is -0.142. The van der Waals surface area contributed by atoms with Crippen LogP contribution in [0.5, 0.6) is 5.75 Å². The number of benzene rings is 2. The molecule has 0 aliphatic carbocycles. The molecule has 2 amide bonds. The zero-order chi connectivity index (χ0) is 23.1. The van der Waals surface area contributed by atoms with Crippen LogP contribution >= 0.6 is 46.4 Å². The van der Waals surface area contributed by atoms with Crippen molar-refractivity contribution < 1.29 is 14.3 Å². The molecule has 0 radical (unpaired) electrons. The Morgan fingerprint density at radius 1 is 0.968 bits per heavy atom. The highest BCUT2D eigenvalue weighted by molar-refractivity contribution is 6.42. The fraction of sp³-hybridized carbons (Fsp3) is 0.364. The van der Waals surface area contributed by atoms with Crippen LogP contribution in [-0.2, 0) is 16.1 Å². The lowest BCUT2D eigenvalue weighted by Gasteiger charge is -2.29. The van der Waals surface area contributed by atoms with Gasteiger partial charge in [0.2, 0.25) is 5.91 Å². The van der Waals surface area contributed by atoms with Gasteiger partial charge in [0.05, 0.1) is 15.1 Å². The fourth-order valence-corrected chi connectivity index (χ4v) is 3.47. The summed E-state index contributed by atoms with van der Waals surface area (Å²) in [5, 5.41) is 4.38. The monoisotopic (exact) mass is 504 g/mol. The first-order valence-corrected chi connectivity index (χ1v) is 11.2. The number of hydrogen-bond donors (Lipinski definition) is 1. The van der Waals surface area contributed by atoms with Crippen LogP contribution in [0.15, 0.2) is 36.4 Å². The van der Waals surface area contributed by atoms with Gasteiger partial charge in [-0.3, -0.25) is 9.59 Å². The zero-order valence-electron chi connectivity index (χ0n) is 17.4. The van der Waals surface area contributed by atoms with E-state index in [1.165, 1.54) is 11.0 Å². The Bertz CT molecular complexity index is 937. The molecule has 9 heteroatoms. The second kappa shape index (κ2) is 11.8. The number of rotatable bonds is 9. The molecule has 0 bridgehead atoms. The third-order valence-electron chi connectivity index (χ3n) is 4.43. The first-order chi connectivity index (χ1) is 14.6. The SMILES string of the molecule is CC(C)CNC(=O)[C@@H](C)N(Cc1ccc(Cl)c(Cl)c1)C(=O)COc1ccc(Cl)cc1Cl. The van der Waals surface area contributed by atoms with Crippen LogP contribution in [0.2, 0.25) is 20.1 Å². The second-order valence-corrected chi connectivity index (χ2v) is 9.11. The van der Waals surface area contributed by atoms with Gasteiger partial charge in [-0.1, -0.05) is 66.3 Å². The summed E-state index contributed by atoms with van der Waals surface area (Å²) in [4.78, 5) is 27.1. The minimum Gasteiger partial charge on any atom is -0.482 e. The molecule has 0 unspecified atom stereocenters. The van der Waals surface area contributed by atoms with Gasteiger partial charge in [-0.2, -0.15) is 0 Å². The molecular formula is C22H24Cl4N2O3. The maximum Gasteiger partial charge on any atom is 0.261 e. The maximum atomic E-state index is 13.0. The van der Waals surface area contributed by atoms with Crippen LogP contribution in [0.25, 0.3) is 0 Å².